The van der Waals surface area contributed by atoms with E-state index in [0.717, 1.165) is 6.07 Å². The number of nitrogens with two attached hydrogens (primary N) is 1. The minimum absolute atomic E-state index is 0.161. The lowest BCUT2D eigenvalue weighted by atomic mass is 10.1. The molecule has 0 fully saturated rings. The van der Waals surface area contributed by atoms with Crippen LogP contribution in [0.5, 0.6) is 23.0 Å². The first-order chi connectivity index (χ1) is 9.43. The number of aliphatic hydroxyl groups is 1. The highest BCUT2D eigenvalue weighted by atomic mass is 16.6. The van der Waals surface area contributed by atoms with Gasteiger partial charge in [-0.25, -0.2) is 0 Å². The van der Waals surface area contributed by atoms with E-state index in [1.54, 1.807) is 0 Å². The molecule has 2 bridgehead atoms. The molecule has 5 N–H and O–H groups in total. The average molecular weight is 283 g/mol. The molecule has 0 amide bonds. The molecule has 0 saturated carbocycles. The molecule has 1 atom stereocenters. The van der Waals surface area contributed by atoms with Crippen LogP contribution in [0.25, 0.3) is 0 Å². The molecule has 0 aliphatic carbocycles. The van der Waals surface area contributed by atoms with Gasteiger partial charge < -0.3 is 30.5 Å². The van der Waals surface area contributed by atoms with Gasteiger partial charge in [-0.2, -0.15) is 0 Å². The van der Waals surface area contributed by atoms with Crippen LogP contribution in [-0.4, -0.2) is 33.8 Å². The van der Waals surface area contributed by atoms with Crippen LogP contribution in [0.15, 0.2) is 6.07 Å². The molecule has 8 heteroatoms. The van der Waals surface area contributed by atoms with Crippen molar-refractivity contribution in [2.24, 2.45) is 5.73 Å². The number of benzene rings is 1. The first-order valence-electron chi connectivity index (χ1n) is 5.82. The third-order valence-electron chi connectivity index (χ3n) is 2.77. The van der Waals surface area contributed by atoms with Crippen LogP contribution in [0.4, 0.5) is 0 Å². The summed E-state index contributed by atoms with van der Waals surface area (Å²) in [6, 6.07) is 0.949. The van der Waals surface area contributed by atoms with Gasteiger partial charge in [-0.3, -0.25) is 9.59 Å². The van der Waals surface area contributed by atoms with E-state index in [2.05, 4.69) is 0 Å². The Balaban J connectivity index is 2.68. The largest absolute Gasteiger partial charge is 0.504 e. The van der Waals surface area contributed by atoms with Gasteiger partial charge in [0.25, 0.3) is 0 Å². The summed E-state index contributed by atoms with van der Waals surface area (Å²) in [5, 5.41) is 29.2. The van der Waals surface area contributed by atoms with Crippen molar-refractivity contribution in [1.82, 2.24) is 0 Å². The van der Waals surface area contributed by atoms with Gasteiger partial charge in [0.2, 0.25) is 5.75 Å². The van der Waals surface area contributed by atoms with Crippen LogP contribution >= 0.6 is 0 Å². The molecule has 2 rings (SSSR count). The summed E-state index contributed by atoms with van der Waals surface area (Å²) in [7, 11) is 0. The van der Waals surface area contributed by atoms with Gasteiger partial charge in [-0.15, -0.1) is 0 Å². The Morgan fingerprint density at radius 1 is 1.20 bits per heavy atom. The summed E-state index contributed by atoms with van der Waals surface area (Å²) in [6.45, 7) is -0.265. The van der Waals surface area contributed by atoms with E-state index in [4.69, 9.17) is 15.2 Å². The predicted molar refractivity (Wildman–Crippen MR) is 64.3 cm³/mol. The van der Waals surface area contributed by atoms with Crippen LogP contribution < -0.4 is 15.2 Å². The number of hydrogen-bond donors (Lipinski definition) is 4. The molecule has 8 nitrogen and oxygen atoms in total. The Labute approximate surface area is 113 Å². The standard InChI is InChI=1S/C12H13NO7/c13-4-6(15)10-7-3-5(14)11(18)12(10)20-9(17)2-1-8(16)19-7/h3,6,14-15,18H,1-2,4,13H2/t6-/m0/s1. The number of hydrogen-bond acceptors (Lipinski definition) is 8. The summed E-state index contributed by atoms with van der Waals surface area (Å²) >= 11 is 0. The number of esters is 2. The van der Waals surface area contributed by atoms with Crippen LogP contribution in [0.2, 0.25) is 0 Å². The van der Waals surface area contributed by atoms with Crippen LogP contribution in [0.3, 0.4) is 0 Å². The monoisotopic (exact) mass is 283 g/mol. The fourth-order valence-corrected chi connectivity index (χ4v) is 1.79. The second-order valence-electron chi connectivity index (χ2n) is 4.18. The Morgan fingerprint density at radius 2 is 1.80 bits per heavy atom. The van der Waals surface area contributed by atoms with Gasteiger partial charge in [0, 0.05) is 12.6 Å². The van der Waals surface area contributed by atoms with E-state index in [-0.39, 0.29) is 30.7 Å². The van der Waals surface area contributed by atoms with Crippen molar-refractivity contribution in [2.45, 2.75) is 18.9 Å². The molecule has 1 heterocycles. The van der Waals surface area contributed by atoms with Crippen molar-refractivity contribution >= 4 is 11.9 Å². The highest BCUT2D eigenvalue weighted by Crippen LogP contribution is 2.47. The fourth-order valence-electron chi connectivity index (χ4n) is 1.79. The quantitative estimate of drug-likeness (QED) is 0.329. The van der Waals surface area contributed by atoms with Gasteiger partial charge in [0.05, 0.1) is 24.5 Å². The molecule has 1 aromatic rings. The number of carbonyl (C=O) groups is 2. The fraction of sp³-hybridized carbons (Fsp3) is 0.333. The first-order valence-corrected chi connectivity index (χ1v) is 5.82. The van der Waals surface area contributed by atoms with Gasteiger partial charge >= 0.3 is 11.9 Å². The Bertz CT molecular complexity index is 569. The molecule has 0 saturated heterocycles. The van der Waals surface area contributed by atoms with Crippen molar-refractivity contribution in [3.63, 3.8) is 0 Å². The Morgan fingerprint density at radius 3 is 2.40 bits per heavy atom. The highest BCUT2D eigenvalue weighted by molar-refractivity contribution is 5.83. The number of ether oxygens (including phenoxy) is 2. The molecular weight excluding hydrogens is 270 g/mol. The zero-order chi connectivity index (χ0) is 14.9. The molecule has 1 aromatic carbocycles. The lowest BCUT2D eigenvalue weighted by Gasteiger charge is -2.18. The van der Waals surface area contributed by atoms with Crippen LogP contribution in [0, 0.1) is 0 Å². The summed E-state index contributed by atoms with van der Waals surface area (Å²) < 4.78 is 9.85. The molecule has 0 spiro atoms. The molecule has 1 aliphatic rings. The van der Waals surface area contributed by atoms with Gasteiger partial charge in [0.15, 0.2) is 11.5 Å². The molecule has 1 aliphatic heterocycles. The van der Waals surface area contributed by atoms with E-state index in [1.807, 2.05) is 0 Å². The molecule has 108 valence electrons. The number of phenols is 2. The Hall–Kier alpha value is -2.32. The summed E-state index contributed by atoms with van der Waals surface area (Å²) in [4.78, 5) is 23.0. The first kappa shape index (κ1) is 14.1. The molecule has 20 heavy (non-hydrogen) atoms. The van der Waals surface area contributed by atoms with E-state index in [1.165, 1.54) is 0 Å². The number of phenolic OH excluding ortho intramolecular Hbond substituents is 2. The normalized spacial score (nSPS) is 16.5. The zero-order valence-electron chi connectivity index (χ0n) is 10.3. The summed E-state index contributed by atoms with van der Waals surface area (Å²) in [5.74, 6) is -3.59. The minimum Gasteiger partial charge on any atom is -0.504 e. The van der Waals surface area contributed by atoms with E-state index in [0.29, 0.717) is 0 Å². The second-order valence-corrected chi connectivity index (χ2v) is 4.18. The minimum atomic E-state index is -1.34. The van der Waals surface area contributed by atoms with Crippen molar-refractivity contribution in [3.05, 3.63) is 11.6 Å². The molecule has 0 unspecified atom stereocenters. The van der Waals surface area contributed by atoms with Gasteiger partial charge in [0.1, 0.15) is 5.75 Å². The third-order valence-corrected chi connectivity index (χ3v) is 2.77. The molecule has 0 aromatic heterocycles. The Kier molecular flexibility index (Phi) is 3.77. The number of rotatable bonds is 2. The van der Waals surface area contributed by atoms with Crippen molar-refractivity contribution in [1.29, 1.82) is 0 Å². The lowest BCUT2D eigenvalue weighted by molar-refractivity contribution is -0.140. The van der Waals surface area contributed by atoms with E-state index < -0.39 is 35.3 Å². The van der Waals surface area contributed by atoms with Crippen LogP contribution in [-0.2, 0) is 9.59 Å². The smallest absolute Gasteiger partial charge is 0.311 e. The van der Waals surface area contributed by atoms with E-state index in [9.17, 15) is 24.9 Å². The maximum Gasteiger partial charge on any atom is 0.311 e. The number of fused-ring (bicyclic) bond motifs is 2. The number of aromatic hydroxyl groups is 2. The van der Waals surface area contributed by atoms with Crippen molar-refractivity contribution < 1.29 is 34.4 Å². The topological polar surface area (TPSA) is 139 Å². The summed E-state index contributed by atoms with van der Waals surface area (Å²) in [5.41, 5.74) is 5.17. The SMILES string of the molecule is NC[C@H](O)c1c2cc(O)c(O)c1OC(=O)CCC(=O)O2. The maximum absolute atomic E-state index is 11.5. The third kappa shape index (κ3) is 2.51. The average Bonchev–Trinajstić information content (AvgIpc) is 2.45. The van der Waals surface area contributed by atoms with Crippen molar-refractivity contribution in [2.75, 3.05) is 6.54 Å². The lowest BCUT2D eigenvalue weighted by Crippen LogP contribution is -2.15. The molecule has 0 radical (unpaired) electrons. The van der Waals surface area contributed by atoms with E-state index >= 15 is 0 Å². The highest BCUT2D eigenvalue weighted by Gasteiger charge is 2.29. The zero-order valence-corrected chi connectivity index (χ0v) is 10.3. The number of carbonyl (C=O) groups excluding carboxylic acids is 2. The van der Waals surface area contributed by atoms with Gasteiger partial charge in [-0.1, -0.05) is 0 Å². The van der Waals surface area contributed by atoms with Gasteiger partial charge in [-0.05, 0) is 0 Å². The maximum atomic E-state index is 11.5. The van der Waals surface area contributed by atoms with Crippen LogP contribution in [0.1, 0.15) is 24.5 Å². The predicted octanol–water partition coefficient (Wildman–Crippen LogP) is -0.306. The number of aliphatic hydroxyl groups excluding tert-OH is 1. The van der Waals surface area contributed by atoms with Crippen molar-refractivity contribution in [3.8, 4) is 23.0 Å². The second kappa shape index (κ2) is 5.35. The summed E-state index contributed by atoms with van der Waals surface area (Å²) in [6.07, 6.45) is -1.82. The molecular formula is C12H13NO7.